The second-order valence-electron chi connectivity index (χ2n) is 5.98. The summed E-state index contributed by atoms with van der Waals surface area (Å²) in [5, 5.41) is 33.6. The van der Waals surface area contributed by atoms with Crippen LogP contribution in [-0.4, -0.2) is 49.4 Å². The maximum atomic E-state index is 12.8. The summed E-state index contributed by atoms with van der Waals surface area (Å²) in [6, 6.07) is 16.0. The minimum atomic E-state index is -1.60. The zero-order valence-corrected chi connectivity index (χ0v) is 14.6. The average molecular weight is 368 g/mol. The van der Waals surface area contributed by atoms with Crippen molar-refractivity contribution in [2.24, 2.45) is 12.1 Å². The highest BCUT2D eigenvalue weighted by molar-refractivity contribution is 6.03. The van der Waals surface area contributed by atoms with Crippen molar-refractivity contribution in [2.75, 3.05) is 12.0 Å². The molecule has 2 atom stereocenters. The number of anilines is 1. The molecule has 0 saturated heterocycles. The Kier molecular flexibility index (Phi) is 5.60. The predicted octanol–water partition coefficient (Wildman–Crippen LogP) is 0.464. The van der Waals surface area contributed by atoms with Crippen LogP contribution in [0.25, 0.3) is 11.0 Å². The Morgan fingerprint density at radius 1 is 1.15 bits per heavy atom. The van der Waals surface area contributed by atoms with E-state index in [0.717, 1.165) is 0 Å². The molecule has 0 amide bonds. The molecular formula is C19H20N4O4. The van der Waals surface area contributed by atoms with E-state index < -0.39 is 24.4 Å². The van der Waals surface area contributed by atoms with E-state index in [1.165, 1.54) is 4.57 Å². The molecule has 2 aromatic carbocycles. The molecule has 8 heteroatoms. The third-order valence-electron chi connectivity index (χ3n) is 4.14. The fourth-order valence-corrected chi connectivity index (χ4v) is 2.62. The van der Waals surface area contributed by atoms with Crippen LogP contribution in [-0.2, 0) is 7.05 Å². The average Bonchev–Trinajstić information content (AvgIpc) is 2.71. The molecule has 0 spiro atoms. The summed E-state index contributed by atoms with van der Waals surface area (Å²) in [6.07, 6.45) is -3.12. The van der Waals surface area contributed by atoms with Gasteiger partial charge < -0.3 is 19.9 Å². The van der Waals surface area contributed by atoms with E-state index in [-0.39, 0.29) is 11.4 Å². The molecule has 4 N–H and O–H groups in total. The van der Waals surface area contributed by atoms with Gasteiger partial charge in [-0.2, -0.15) is 5.10 Å². The summed E-state index contributed by atoms with van der Waals surface area (Å²) in [5.74, 6) is 0. The van der Waals surface area contributed by atoms with E-state index in [4.69, 9.17) is 0 Å². The molecule has 3 rings (SSSR count). The van der Waals surface area contributed by atoms with Gasteiger partial charge in [-0.25, -0.2) is 4.98 Å². The van der Waals surface area contributed by atoms with Gasteiger partial charge in [-0.15, -0.1) is 0 Å². The van der Waals surface area contributed by atoms with Crippen molar-refractivity contribution < 1.29 is 15.3 Å². The fraction of sp³-hybridized carbons (Fsp3) is 0.211. The normalized spacial score (nSPS) is 14.1. The van der Waals surface area contributed by atoms with Crippen LogP contribution in [0.15, 0.2) is 64.5 Å². The first kappa shape index (κ1) is 18.7. The molecule has 0 saturated carbocycles. The number of nitrogens with one attached hydrogen (secondary N) is 1. The van der Waals surface area contributed by atoms with Crippen LogP contribution in [0.4, 0.5) is 5.69 Å². The number of aromatic nitrogens is 2. The predicted molar refractivity (Wildman–Crippen MR) is 103 cm³/mol. The molecule has 2 unspecified atom stereocenters. The lowest BCUT2D eigenvalue weighted by molar-refractivity contribution is 0.0184. The number of hydrazone groups is 1. The highest BCUT2D eigenvalue weighted by Crippen LogP contribution is 2.12. The lowest BCUT2D eigenvalue weighted by Gasteiger charge is -2.18. The quantitative estimate of drug-likeness (QED) is 0.371. The van der Waals surface area contributed by atoms with Gasteiger partial charge in [-0.1, -0.05) is 30.3 Å². The van der Waals surface area contributed by atoms with E-state index in [1.807, 2.05) is 6.07 Å². The molecule has 0 aliphatic rings. The summed E-state index contributed by atoms with van der Waals surface area (Å²) in [6.45, 7) is -0.695. The molecule has 1 aromatic heterocycles. The van der Waals surface area contributed by atoms with Gasteiger partial charge in [0.15, 0.2) is 5.69 Å². The zero-order valence-electron chi connectivity index (χ0n) is 14.6. The van der Waals surface area contributed by atoms with Gasteiger partial charge in [0.2, 0.25) is 0 Å². The number of fused-ring (bicyclic) bond motifs is 1. The summed E-state index contributed by atoms with van der Waals surface area (Å²) in [4.78, 5) is 17.1. The number of aryl methyl sites for hydroxylation is 1. The number of benzene rings is 2. The monoisotopic (exact) mass is 368 g/mol. The Labute approximate surface area is 155 Å². The van der Waals surface area contributed by atoms with Crippen LogP contribution in [0.5, 0.6) is 0 Å². The van der Waals surface area contributed by atoms with E-state index in [1.54, 1.807) is 55.6 Å². The van der Waals surface area contributed by atoms with Crippen LogP contribution >= 0.6 is 0 Å². The van der Waals surface area contributed by atoms with Crippen molar-refractivity contribution in [2.45, 2.75) is 12.2 Å². The van der Waals surface area contributed by atoms with E-state index >= 15 is 0 Å². The Morgan fingerprint density at radius 2 is 1.81 bits per heavy atom. The van der Waals surface area contributed by atoms with Crippen molar-refractivity contribution in [3.63, 3.8) is 0 Å². The topological polar surface area (TPSA) is 120 Å². The summed E-state index contributed by atoms with van der Waals surface area (Å²) < 4.78 is 1.40. The van der Waals surface area contributed by atoms with E-state index in [9.17, 15) is 20.1 Å². The SMILES string of the molecule is Cn1c(=O)c(/C(=N/Nc2ccccc2)C(O)C(O)CO)nc2ccccc21. The molecule has 0 fully saturated rings. The third kappa shape index (κ3) is 3.87. The van der Waals surface area contributed by atoms with Gasteiger partial charge in [-0.3, -0.25) is 10.2 Å². The van der Waals surface area contributed by atoms with Crippen LogP contribution in [0, 0.1) is 0 Å². The van der Waals surface area contributed by atoms with Crippen LogP contribution in [0.1, 0.15) is 5.69 Å². The molecule has 8 nitrogen and oxygen atoms in total. The molecule has 0 aliphatic carbocycles. The smallest absolute Gasteiger partial charge is 0.278 e. The largest absolute Gasteiger partial charge is 0.394 e. The van der Waals surface area contributed by atoms with Crippen LogP contribution < -0.4 is 11.0 Å². The van der Waals surface area contributed by atoms with E-state index in [2.05, 4.69) is 15.5 Å². The molecular weight excluding hydrogens is 348 g/mol. The molecule has 0 aliphatic heterocycles. The Morgan fingerprint density at radius 3 is 2.52 bits per heavy atom. The first-order valence-corrected chi connectivity index (χ1v) is 8.34. The Hall–Kier alpha value is -3.07. The second-order valence-corrected chi connectivity index (χ2v) is 5.98. The Balaban J connectivity index is 2.14. The highest BCUT2D eigenvalue weighted by Gasteiger charge is 2.27. The van der Waals surface area contributed by atoms with Crippen molar-refractivity contribution in [3.8, 4) is 0 Å². The maximum absolute atomic E-state index is 12.8. The molecule has 3 aromatic rings. The third-order valence-corrected chi connectivity index (χ3v) is 4.14. The van der Waals surface area contributed by atoms with Gasteiger partial charge in [0.05, 0.1) is 23.3 Å². The number of aliphatic hydroxyl groups is 3. The van der Waals surface area contributed by atoms with Crippen LogP contribution in [0.2, 0.25) is 0 Å². The summed E-state index contributed by atoms with van der Waals surface area (Å²) >= 11 is 0. The minimum absolute atomic E-state index is 0.111. The van der Waals surface area contributed by atoms with Crippen LogP contribution in [0.3, 0.4) is 0 Å². The maximum Gasteiger partial charge on any atom is 0.278 e. The number of hydrogen-bond donors (Lipinski definition) is 4. The lowest BCUT2D eigenvalue weighted by atomic mass is 10.1. The molecule has 0 radical (unpaired) electrons. The van der Waals surface area contributed by atoms with Crippen molar-refractivity contribution in [3.05, 3.63) is 70.6 Å². The van der Waals surface area contributed by atoms with Crippen molar-refractivity contribution in [1.82, 2.24) is 9.55 Å². The molecule has 27 heavy (non-hydrogen) atoms. The fourth-order valence-electron chi connectivity index (χ4n) is 2.62. The van der Waals surface area contributed by atoms with Crippen molar-refractivity contribution in [1.29, 1.82) is 0 Å². The summed E-state index contributed by atoms with van der Waals surface area (Å²) in [7, 11) is 1.59. The number of para-hydroxylation sites is 3. The molecule has 1 heterocycles. The lowest BCUT2D eigenvalue weighted by Crippen LogP contribution is -2.41. The number of aliphatic hydroxyl groups excluding tert-OH is 3. The van der Waals surface area contributed by atoms with E-state index in [0.29, 0.717) is 16.7 Å². The first-order valence-electron chi connectivity index (χ1n) is 8.34. The number of hydrogen-bond acceptors (Lipinski definition) is 7. The van der Waals surface area contributed by atoms with Gasteiger partial charge in [0.1, 0.15) is 17.9 Å². The Bertz CT molecular complexity index is 1020. The summed E-state index contributed by atoms with van der Waals surface area (Å²) in [5.41, 5.74) is 3.78. The van der Waals surface area contributed by atoms with Gasteiger partial charge >= 0.3 is 0 Å². The molecule has 0 bridgehead atoms. The second kappa shape index (κ2) is 8.09. The van der Waals surface area contributed by atoms with Gasteiger partial charge in [0.25, 0.3) is 5.56 Å². The highest BCUT2D eigenvalue weighted by atomic mass is 16.4. The standard InChI is InChI=1S/C19H20N4O4/c1-23-14-10-6-5-9-13(14)20-17(19(23)27)16(18(26)15(25)11-24)22-21-12-7-3-2-4-8-12/h2-10,15,18,21,24-26H,11H2,1H3/b22-16-. The van der Waals surface area contributed by atoms with Gasteiger partial charge in [-0.05, 0) is 24.3 Å². The number of nitrogens with zero attached hydrogens (tertiary/aromatic N) is 3. The first-order chi connectivity index (χ1) is 13.0. The zero-order chi connectivity index (χ0) is 19.4. The van der Waals surface area contributed by atoms with Crippen molar-refractivity contribution >= 4 is 22.4 Å². The number of rotatable bonds is 6. The molecule has 140 valence electrons. The minimum Gasteiger partial charge on any atom is -0.394 e. The van der Waals surface area contributed by atoms with Gasteiger partial charge in [0, 0.05) is 7.05 Å².